The lowest BCUT2D eigenvalue weighted by atomic mass is 10.1. The summed E-state index contributed by atoms with van der Waals surface area (Å²) in [4.78, 5) is 12.9. The van der Waals surface area contributed by atoms with Crippen LogP contribution in [0.25, 0.3) is 0 Å². The van der Waals surface area contributed by atoms with Gasteiger partial charge < -0.3 is 19.5 Å². The zero-order chi connectivity index (χ0) is 19.4. The van der Waals surface area contributed by atoms with E-state index in [1.165, 1.54) is 12.1 Å². The number of hydrogen-bond acceptors (Lipinski definition) is 4. The molecule has 2 atom stereocenters. The van der Waals surface area contributed by atoms with Crippen LogP contribution >= 0.6 is 22.6 Å². The summed E-state index contributed by atoms with van der Waals surface area (Å²) in [7, 11) is 0. The largest absolute Gasteiger partial charge is 0.489 e. The van der Waals surface area contributed by atoms with Gasteiger partial charge >= 0.3 is 12.6 Å². The molecule has 0 aliphatic carbocycles. The van der Waals surface area contributed by atoms with Crippen molar-refractivity contribution in [3.8, 4) is 5.75 Å². The second kappa shape index (κ2) is 8.83. The van der Waals surface area contributed by atoms with E-state index in [1.54, 1.807) is 12.1 Å². The third-order valence-corrected chi connectivity index (χ3v) is 5.07. The molecule has 27 heavy (non-hydrogen) atoms. The minimum Gasteiger partial charge on any atom is -0.489 e. The Morgan fingerprint density at radius 1 is 1.19 bits per heavy atom. The van der Waals surface area contributed by atoms with Crippen LogP contribution < -0.4 is 9.64 Å². The van der Waals surface area contributed by atoms with Crippen LogP contribution in [0.4, 0.5) is 14.5 Å². The number of carboxylic acid groups (broad SMARTS) is 1. The van der Waals surface area contributed by atoms with Crippen LogP contribution in [-0.2, 0) is 4.74 Å². The molecule has 0 spiro atoms. The standard InChI is InChI=1S/C19H18F2INO4/c20-19(21)26-11-15-9-17(27-16-7-3-13(22)4-8-16)10-23(15)14-5-1-12(2-6-14)18(24)25/h1-8,15,17,19H,9-11H2,(H,24,25)/t15-,17-/m0/s1. The number of carbonyl (C=O) groups is 1. The summed E-state index contributed by atoms with van der Waals surface area (Å²) in [6.45, 7) is -2.47. The van der Waals surface area contributed by atoms with E-state index in [2.05, 4.69) is 27.3 Å². The van der Waals surface area contributed by atoms with Gasteiger partial charge in [0.2, 0.25) is 0 Å². The van der Waals surface area contributed by atoms with E-state index in [4.69, 9.17) is 9.84 Å². The highest BCUT2D eigenvalue weighted by molar-refractivity contribution is 14.1. The fourth-order valence-corrected chi connectivity index (χ4v) is 3.48. The molecule has 1 aliphatic heterocycles. The van der Waals surface area contributed by atoms with Crippen LogP contribution in [0.15, 0.2) is 48.5 Å². The van der Waals surface area contributed by atoms with Crippen molar-refractivity contribution in [2.24, 2.45) is 0 Å². The summed E-state index contributed by atoms with van der Waals surface area (Å²) < 4.78 is 36.6. The predicted octanol–water partition coefficient (Wildman–Crippen LogP) is 4.25. The number of hydrogen-bond donors (Lipinski definition) is 1. The third kappa shape index (κ3) is 5.29. The lowest BCUT2D eigenvalue weighted by molar-refractivity contribution is -0.131. The molecule has 2 aromatic rings. The smallest absolute Gasteiger partial charge is 0.345 e. The van der Waals surface area contributed by atoms with Crippen LogP contribution in [0, 0.1) is 3.57 Å². The Morgan fingerprint density at radius 3 is 2.44 bits per heavy atom. The molecule has 0 aromatic heterocycles. The highest BCUT2D eigenvalue weighted by Crippen LogP contribution is 2.29. The first-order valence-corrected chi connectivity index (χ1v) is 9.42. The molecule has 1 saturated heterocycles. The van der Waals surface area contributed by atoms with Gasteiger partial charge in [0.15, 0.2) is 0 Å². The maximum Gasteiger partial charge on any atom is 0.345 e. The van der Waals surface area contributed by atoms with Crippen molar-refractivity contribution in [2.45, 2.75) is 25.2 Å². The number of aromatic carboxylic acids is 1. The Morgan fingerprint density at radius 2 is 1.85 bits per heavy atom. The summed E-state index contributed by atoms with van der Waals surface area (Å²) in [5, 5.41) is 9.03. The molecule has 2 aromatic carbocycles. The molecule has 0 saturated carbocycles. The van der Waals surface area contributed by atoms with Gasteiger partial charge in [-0.2, -0.15) is 8.78 Å². The van der Waals surface area contributed by atoms with E-state index in [0.717, 1.165) is 15.0 Å². The van der Waals surface area contributed by atoms with Gasteiger partial charge in [-0.3, -0.25) is 0 Å². The van der Waals surface area contributed by atoms with Crippen molar-refractivity contribution < 1.29 is 28.2 Å². The van der Waals surface area contributed by atoms with Gasteiger partial charge in [-0.05, 0) is 71.1 Å². The average molecular weight is 489 g/mol. The Labute approximate surface area is 169 Å². The molecule has 8 heteroatoms. The monoisotopic (exact) mass is 489 g/mol. The van der Waals surface area contributed by atoms with Crippen LogP contribution in [0.1, 0.15) is 16.8 Å². The number of benzene rings is 2. The number of ether oxygens (including phenoxy) is 2. The van der Waals surface area contributed by atoms with Gasteiger partial charge in [0.1, 0.15) is 11.9 Å². The van der Waals surface area contributed by atoms with Gasteiger partial charge in [-0.15, -0.1) is 0 Å². The first-order chi connectivity index (χ1) is 12.9. The van der Waals surface area contributed by atoms with Gasteiger partial charge in [0, 0.05) is 15.7 Å². The van der Waals surface area contributed by atoms with E-state index in [1.807, 2.05) is 29.2 Å². The summed E-state index contributed by atoms with van der Waals surface area (Å²) in [6, 6.07) is 13.7. The SMILES string of the molecule is O=C(O)c1ccc(N2C[C@@H](Oc3ccc(I)cc3)C[C@H]2COC(F)F)cc1. The molecule has 0 bridgehead atoms. The maximum atomic E-state index is 12.5. The van der Waals surface area contributed by atoms with Crippen LogP contribution in [-0.4, -0.2) is 43.0 Å². The van der Waals surface area contributed by atoms with E-state index in [-0.39, 0.29) is 24.3 Å². The molecule has 1 N–H and O–H groups in total. The Balaban J connectivity index is 1.74. The van der Waals surface area contributed by atoms with Crippen molar-refractivity contribution in [1.29, 1.82) is 0 Å². The number of carboxylic acids is 1. The van der Waals surface area contributed by atoms with Crippen LogP contribution in [0.2, 0.25) is 0 Å². The van der Waals surface area contributed by atoms with Gasteiger partial charge in [0.25, 0.3) is 0 Å². The van der Waals surface area contributed by atoms with Crippen LogP contribution in [0.5, 0.6) is 5.75 Å². The fourth-order valence-electron chi connectivity index (χ4n) is 3.12. The topological polar surface area (TPSA) is 59.0 Å². The van der Waals surface area contributed by atoms with Gasteiger partial charge in [-0.25, -0.2) is 4.79 Å². The zero-order valence-electron chi connectivity index (χ0n) is 14.2. The van der Waals surface area contributed by atoms with Crippen molar-refractivity contribution >= 4 is 34.2 Å². The second-order valence-corrected chi connectivity index (χ2v) is 7.43. The quantitative estimate of drug-likeness (QED) is 0.590. The zero-order valence-corrected chi connectivity index (χ0v) is 16.4. The fraction of sp³-hybridized carbons (Fsp3) is 0.316. The Hall–Kier alpha value is -1.94. The normalized spacial score (nSPS) is 19.5. The summed E-state index contributed by atoms with van der Waals surface area (Å²) in [6.07, 6.45) is 0.342. The van der Waals surface area contributed by atoms with Gasteiger partial charge in [0.05, 0.1) is 24.8 Å². The van der Waals surface area contributed by atoms with Crippen molar-refractivity contribution in [2.75, 3.05) is 18.1 Å². The second-order valence-electron chi connectivity index (χ2n) is 6.18. The molecule has 0 amide bonds. The predicted molar refractivity (Wildman–Crippen MR) is 105 cm³/mol. The highest BCUT2D eigenvalue weighted by Gasteiger charge is 2.34. The Bertz CT molecular complexity index is 770. The molecule has 1 aliphatic rings. The lowest BCUT2D eigenvalue weighted by Gasteiger charge is -2.26. The number of nitrogens with zero attached hydrogens (tertiary/aromatic N) is 1. The highest BCUT2D eigenvalue weighted by atomic mass is 127. The molecular formula is C19H18F2INO4. The van der Waals surface area contributed by atoms with E-state index in [9.17, 15) is 13.6 Å². The molecule has 144 valence electrons. The summed E-state index contributed by atoms with van der Waals surface area (Å²) >= 11 is 2.21. The third-order valence-electron chi connectivity index (χ3n) is 4.35. The average Bonchev–Trinajstić information content (AvgIpc) is 3.04. The molecular weight excluding hydrogens is 471 g/mol. The van der Waals surface area contributed by atoms with E-state index in [0.29, 0.717) is 13.0 Å². The minimum absolute atomic E-state index is 0.134. The molecule has 0 unspecified atom stereocenters. The lowest BCUT2D eigenvalue weighted by Crippen LogP contribution is -2.34. The number of anilines is 1. The number of halogens is 3. The van der Waals surface area contributed by atoms with Crippen molar-refractivity contribution in [1.82, 2.24) is 0 Å². The van der Waals surface area contributed by atoms with Crippen LogP contribution in [0.3, 0.4) is 0 Å². The van der Waals surface area contributed by atoms with E-state index >= 15 is 0 Å². The minimum atomic E-state index is -2.84. The first kappa shape index (κ1) is 19.8. The maximum absolute atomic E-state index is 12.5. The van der Waals surface area contributed by atoms with E-state index < -0.39 is 12.6 Å². The molecule has 3 rings (SSSR count). The molecule has 1 fully saturated rings. The van der Waals surface area contributed by atoms with Gasteiger partial charge in [-0.1, -0.05) is 0 Å². The number of rotatable bonds is 7. The number of alkyl halides is 2. The molecule has 0 radical (unpaired) electrons. The molecule has 1 heterocycles. The summed E-state index contributed by atoms with van der Waals surface area (Å²) in [5.41, 5.74) is 0.918. The van der Waals surface area contributed by atoms with Crippen molar-refractivity contribution in [3.63, 3.8) is 0 Å². The first-order valence-electron chi connectivity index (χ1n) is 8.34. The Kier molecular flexibility index (Phi) is 6.48. The van der Waals surface area contributed by atoms with Crippen molar-refractivity contribution in [3.05, 3.63) is 57.7 Å². The molecule has 5 nitrogen and oxygen atoms in total. The summed E-state index contributed by atoms with van der Waals surface area (Å²) in [5.74, 6) is -0.294.